The number of thiazole rings is 1. The Balaban J connectivity index is 1.81. The molecule has 0 radical (unpaired) electrons. The molecule has 9 heteroatoms. The topological polar surface area (TPSA) is 97.1 Å². The van der Waals surface area contributed by atoms with Crippen LogP contribution in [0, 0.1) is 12.7 Å². The first-order valence-electron chi connectivity index (χ1n) is 7.13. The summed E-state index contributed by atoms with van der Waals surface area (Å²) in [6, 6.07) is 1.81. The molecule has 1 saturated carbocycles. The molecular formula is C15H14F2N4O2S. The van der Waals surface area contributed by atoms with Crippen LogP contribution in [-0.4, -0.2) is 29.0 Å². The van der Waals surface area contributed by atoms with E-state index in [0.29, 0.717) is 10.4 Å². The smallest absolute Gasteiger partial charge is 0.267 e. The van der Waals surface area contributed by atoms with Crippen LogP contribution in [0.1, 0.15) is 32.0 Å². The highest BCUT2D eigenvalue weighted by atomic mass is 32.1. The molecule has 3 rings (SSSR count). The van der Waals surface area contributed by atoms with E-state index in [0.717, 1.165) is 17.4 Å². The number of carbonyl (C=O) groups excluding carboxylic acids is 2. The number of anilines is 2. The van der Waals surface area contributed by atoms with Gasteiger partial charge in [0, 0.05) is 12.1 Å². The number of nitrogens with zero attached hydrogens (tertiary/aromatic N) is 1. The molecule has 1 aromatic heterocycles. The molecule has 0 saturated heterocycles. The van der Waals surface area contributed by atoms with Crippen LogP contribution in [0.15, 0.2) is 18.3 Å². The van der Waals surface area contributed by atoms with Gasteiger partial charge in [-0.3, -0.25) is 9.59 Å². The Hall–Kier alpha value is -2.55. The monoisotopic (exact) mass is 352 g/mol. The molecule has 24 heavy (non-hydrogen) atoms. The average molecular weight is 352 g/mol. The summed E-state index contributed by atoms with van der Waals surface area (Å²) in [4.78, 5) is 28.2. The number of amides is 2. The number of aromatic nitrogens is 1. The number of nitrogens with two attached hydrogens (primary N) is 1. The van der Waals surface area contributed by atoms with E-state index >= 15 is 0 Å². The fraction of sp³-hybridized carbons (Fsp3) is 0.267. The van der Waals surface area contributed by atoms with E-state index in [2.05, 4.69) is 15.6 Å². The predicted molar refractivity (Wildman–Crippen MR) is 86.4 cm³/mol. The lowest BCUT2D eigenvalue weighted by Crippen LogP contribution is -2.28. The van der Waals surface area contributed by atoms with Gasteiger partial charge in [0.25, 0.3) is 11.8 Å². The first kappa shape index (κ1) is 16.3. The summed E-state index contributed by atoms with van der Waals surface area (Å²) in [5, 5.41) is 5.25. The molecule has 4 N–H and O–H groups in total. The highest BCUT2D eigenvalue weighted by molar-refractivity contribution is 7.17. The summed E-state index contributed by atoms with van der Waals surface area (Å²) in [7, 11) is 0. The van der Waals surface area contributed by atoms with Crippen LogP contribution in [-0.2, 0) is 0 Å². The van der Waals surface area contributed by atoms with Crippen molar-refractivity contribution in [2.75, 3.05) is 11.1 Å². The maximum atomic E-state index is 14.0. The molecule has 2 aromatic rings. The van der Waals surface area contributed by atoms with E-state index in [1.807, 2.05) is 0 Å². The van der Waals surface area contributed by atoms with E-state index < -0.39 is 29.8 Å². The van der Waals surface area contributed by atoms with Gasteiger partial charge in [-0.25, -0.2) is 13.8 Å². The molecule has 2 amide bonds. The number of rotatable bonds is 4. The van der Waals surface area contributed by atoms with Crippen molar-refractivity contribution in [2.24, 2.45) is 0 Å². The van der Waals surface area contributed by atoms with E-state index in [1.165, 1.54) is 12.3 Å². The molecule has 0 spiro atoms. The van der Waals surface area contributed by atoms with Crippen molar-refractivity contribution in [1.82, 2.24) is 10.3 Å². The van der Waals surface area contributed by atoms with Crippen molar-refractivity contribution >= 4 is 34.0 Å². The van der Waals surface area contributed by atoms with Crippen molar-refractivity contribution < 1.29 is 18.4 Å². The predicted octanol–water partition coefficient (Wildman–Crippen LogP) is 2.27. The van der Waals surface area contributed by atoms with Crippen LogP contribution in [0.2, 0.25) is 0 Å². The molecule has 0 unspecified atom stereocenters. The summed E-state index contributed by atoms with van der Waals surface area (Å²) in [5.74, 6) is -1.91. The third-order valence-corrected chi connectivity index (χ3v) is 4.41. The molecule has 0 bridgehead atoms. The largest absolute Gasteiger partial charge is 0.375 e. The normalized spacial score (nSPS) is 19.0. The molecular weight excluding hydrogens is 338 g/mol. The number of nitrogens with one attached hydrogen (secondary N) is 2. The number of alkyl halides is 1. The van der Waals surface area contributed by atoms with Crippen molar-refractivity contribution in [2.45, 2.75) is 25.6 Å². The maximum absolute atomic E-state index is 14.0. The van der Waals surface area contributed by atoms with Gasteiger partial charge in [-0.05, 0) is 24.6 Å². The van der Waals surface area contributed by atoms with Crippen LogP contribution in [0.25, 0.3) is 0 Å². The second-order valence-corrected chi connectivity index (χ2v) is 6.56. The molecule has 1 aromatic carbocycles. The quantitative estimate of drug-likeness (QED) is 0.786. The molecule has 1 heterocycles. The average Bonchev–Trinajstić information content (AvgIpc) is 3.02. The van der Waals surface area contributed by atoms with Gasteiger partial charge in [0.05, 0.1) is 17.8 Å². The van der Waals surface area contributed by atoms with Gasteiger partial charge in [0.15, 0.2) is 5.13 Å². The van der Waals surface area contributed by atoms with Gasteiger partial charge in [-0.1, -0.05) is 11.3 Å². The fourth-order valence-corrected chi connectivity index (χ4v) is 2.70. The number of halogens is 2. The van der Waals surface area contributed by atoms with Gasteiger partial charge in [0.2, 0.25) is 0 Å². The Labute approximate surface area is 140 Å². The maximum Gasteiger partial charge on any atom is 0.267 e. The molecule has 1 aliphatic carbocycles. The summed E-state index contributed by atoms with van der Waals surface area (Å²) in [6.45, 7) is 1.60. The molecule has 1 aliphatic rings. The van der Waals surface area contributed by atoms with E-state index in [4.69, 9.17) is 5.73 Å². The Bertz CT molecular complexity index is 824. The number of carbonyl (C=O) groups is 2. The minimum absolute atomic E-state index is 0.232. The zero-order valence-electron chi connectivity index (χ0n) is 12.6. The van der Waals surface area contributed by atoms with Gasteiger partial charge >= 0.3 is 0 Å². The van der Waals surface area contributed by atoms with Gasteiger partial charge < -0.3 is 16.4 Å². The fourth-order valence-electron chi connectivity index (χ4n) is 2.12. The van der Waals surface area contributed by atoms with Crippen LogP contribution >= 0.6 is 11.3 Å². The molecule has 6 nitrogen and oxygen atoms in total. The number of nitrogen functional groups attached to an aromatic ring is 1. The molecule has 0 aliphatic heterocycles. The van der Waals surface area contributed by atoms with Gasteiger partial charge in [-0.15, -0.1) is 0 Å². The van der Waals surface area contributed by atoms with Crippen molar-refractivity contribution in [3.05, 3.63) is 40.2 Å². The summed E-state index contributed by atoms with van der Waals surface area (Å²) >= 11 is 1.01. The van der Waals surface area contributed by atoms with E-state index in [9.17, 15) is 18.4 Å². The number of hydrogen-bond donors (Lipinski definition) is 3. The highest BCUT2D eigenvalue weighted by Gasteiger charge is 2.39. The van der Waals surface area contributed by atoms with E-state index in [-0.39, 0.29) is 22.8 Å². The lowest BCUT2D eigenvalue weighted by Gasteiger charge is -2.11. The Kier molecular flexibility index (Phi) is 4.18. The van der Waals surface area contributed by atoms with Gasteiger partial charge in [0.1, 0.15) is 16.9 Å². The molecule has 2 atom stereocenters. The highest BCUT2D eigenvalue weighted by Crippen LogP contribution is 2.27. The Morgan fingerprint density at radius 1 is 1.38 bits per heavy atom. The Morgan fingerprint density at radius 3 is 2.67 bits per heavy atom. The molecule has 126 valence electrons. The lowest BCUT2D eigenvalue weighted by atomic mass is 10.1. The standard InChI is InChI=1S/C15H14F2N4O2S/c1-6-2-8(16)7(13(22)21-11-4-9(11)17)3-10(6)20-14(23)12-5-19-15(18)24-12/h2-3,5,9,11H,4H2,1H3,(H2,18,19)(H,20,23)(H,21,22)/t9-,11+/m0/s1. The van der Waals surface area contributed by atoms with Crippen molar-refractivity contribution in [3.63, 3.8) is 0 Å². The van der Waals surface area contributed by atoms with Crippen molar-refractivity contribution in [1.29, 1.82) is 0 Å². The first-order chi connectivity index (χ1) is 11.3. The second-order valence-electron chi connectivity index (χ2n) is 5.50. The van der Waals surface area contributed by atoms with Crippen LogP contribution in [0.4, 0.5) is 19.6 Å². The number of aryl methyl sites for hydroxylation is 1. The summed E-state index contributed by atoms with van der Waals surface area (Å²) < 4.78 is 26.9. The third-order valence-electron chi connectivity index (χ3n) is 3.58. The Morgan fingerprint density at radius 2 is 2.08 bits per heavy atom. The SMILES string of the molecule is Cc1cc(F)c(C(=O)N[C@@H]2C[C@@H]2F)cc1NC(=O)c1cnc(N)s1. The summed E-state index contributed by atoms with van der Waals surface area (Å²) in [6.07, 6.45) is 0.477. The molecule has 1 fully saturated rings. The number of hydrogen-bond acceptors (Lipinski definition) is 5. The van der Waals surface area contributed by atoms with Crippen LogP contribution < -0.4 is 16.4 Å². The third kappa shape index (κ3) is 3.35. The van der Waals surface area contributed by atoms with Crippen LogP contribution in [0.3, 0.4) is 0 Å². The second kappa shape index (κ2) is 6.16. The zero-order valence-corrected chi connectivity index (χ0v) is 13.4. The number of benzene rings is 1. The first-order valence-corrected chi connectivity index (χ1v) is 7.94. The van der Waals surface area contributed by atoms with Crippen molar-refractivity contribution in [3.8, 4) is 0 Å². The zero-order chi connectivity index (χ0) is 17.4. The lowest BCUT2D eigenvalue weighted by molar-refractivity contribution is 0.0942. The summed E-state index contributed by atoms with van der Waals surface area (Å²) in [5.41, 5.74) is 5.96. The van der Waals surface area contributed by atoms with Crippen LogP contribution in [0.5, 0.6) is 0 Å². The minimum Gasteiger partial charge on any atom is -0.375 e. The van der Waals surface area contributed by atoms with E-state index in [1.54, 1.807) is 6.92 Å². The van der Waals surface area contributed by atoms with Gasteiger partial charge in [-0.2, -0.15) is 0 Å². The minimum atomic E-state index is -1.08.